The molecular formula is C13H24ClNSn. The van der Waals surface area contributed by atoms with Crippen LogP contribution < -0.4 is 16.0 Å². The molecule has 0 aromatic heterocycles. The van der Waals surface area contributed by atoms with E-state index in [1.807, 2.05) is 0 Å². The Balaban J connectivity index is 0.00000225. The molecule has 3 heteroatoms. The van der Waals surface area contributed by atoms with Crippen molar-refractivity contribution in [3.63, 3.8) is 0 Å². The van der Waals surface area contributed by atoms with E-state index in [1.165, 1.54) is 5.56 Å². The Morgan fingerprint density at radius 3 is 1.69 bits per heavy atom. The number of hydrogen-bond donors (Lipinski definition) is 0. The van der Waals surface area contributed by atoms with Crippen LogP contribution in [0.4, 0.5) is 0 Å². The van der Waals surface area contributed by atoms with E-state index in [4.69, 9.17) is 0 Å². The van der Waals surface area contributed by atoms with Crippen LogP contribution in [-0.2, 0) is 6.54 Å². The Hall–Kier alpha value is 0.269. The van der Waals surface area contributed by atoms with Gasteiger partial charge in [0.05, 0.1) is 0 Å². The fourth-order valence-electron chi connectivity index (χ4n) is 1.66. The Bertz CT molecular complexity index is 319. The molecule has 0 radical (unpaired) electrons. The number of rotatable bonds is 3. The molecule has 0 amide bonds. The monoisotopic (exact) mass is 349 g/mol. The van der Waals surface area contributed by atoms with E-state index in [1.54, 1.807) is 3.58 Å². The van der Waals surface area contributed by atoms with E-state index >= 15 is 0 Å². The summed E-state index contributed by atoms with van der Waals surface area (Å²) in [5, 5.41) is 0. The third-order valence-electron chi connectivity index (χ3n) is 2.48. The summed E-state index contributed by atoms with van der Waals surface area (Å²) in [6.07, 6.45) is 0. The first-order valence-corrected chi connectivity index (χ1v) is 15.6. The minimum absolute atomic E-state index is 0. The fourth-order valence-corrected chi connectivity index (χ4v) is 4.99. The van der Waals surface area contributed by atoms with Gasteiger partial charge in [0.1, 0.15) is 0 Å². The quantitative estimate of drug-likeness (QED) is 0.508. The van der Waals surface area contributed by atoms with Crippen LogP contribution in [0.1, 0.15) is 5.56 Å². The van der Waals surface area contributed by atoms with Gasteiger partial charge in [-0.3, -0.25) is 0 Å². The van der Waals surface area contributed by atoms with E-state index in [-0.39, 0.29) is 12.4 Å². The van der Waals surface area contributed by atoms with Crippen molar-refractivity contribution in [3.8, 4) is 0 Å². The second-order valence-corrected chi connectivity index (χ2v) is 20.9. The summed E-state index contributed by atoms with van der Waals surface area (Å²) in [6.45, 7) is 1.11. The molecular weight excluding hydrogens is 324 g/mol. The van der Waals surface area contributed by atoms with Crippen LogP contribution in [0.15, 0.2) is 24.3 Å². The molecule has 0 bridgehead atoms. The maximum absolute atomic E-state index is 2.46. The number of nitrogens with zero attached hydrogens (tertiary/aromatic N) is 1. The van der Waals surface area contributed by atoms with E-state index in [0.29, 0.717) is 0 Å². The molecule has 0 spiro atoms. The van der Waals surface area contributed by atoms with Crippen molar-refractivity contribution in [1.29, 1.82) is 0 Å². The van der Waals surface area contributed by atoms with Crippen LogP contribution in [0.25, 0.3) is 0 Å². The van der Waals surface area contributed by atoms with Gasteiger partial charge in [0.15, 0.2) is 0 Å². The summed E-state index contributed by atoms with van der Waals surface area (Å²) in [5.74, 6) is 0. The molecule has 0 atom stereocenters. The average molecular weight is 349 g/mol. The van der Waals surface area contributed by atoms with Crippen LogP contribution in [-0.4, -0.2) is 44.0 Å². The van der Waals surface area contributed by atoms with Crippen molar-refractivity contribution in [2.24, 2.45) is 0 Å². The zero-order chi connectivity index (χ0) is 11.7. The summed E-state index contributed by atoms with van der Waals surface area (Å²) in [7, 11) is 6.70. The molecule has 0 aliphatic heterocycles. The third-order valence-corrected chi connectivity index (χ3v) is 8.37. The Kier molecular flexibility index (Phi) is 5.84. The molecule has 16 heavy (non-hydrogen) atoms. The van der Waals surface area contributed by atoms with E-state index in [0.717, 1.165) is 11.0 Å². The summed E-state index contributed by atoms with van der Waals surface area (Å²) < 4.78 is 2.62. The minimum atomic E-state index is -1.83. The van der Waals surface area contributed by atoms with E-state index < -0.39 is 18.4 Å². The van der Waals surface area contributed by atoms with E-state index in [2.05, 4.69) is 60.2 Å². The fraction of sp³-hybridized carbons (Fsp3) is 0.538. The molecule has 1 nitrogen and oxygen atoms in total. The maximum atomic E-state index is 2.46. The van der Waals surface area contributed by atoms with Crippen LogP contribution in [0.2, 0.25) is 14.8 Å². The van der Waals surface area contributed by atoms with Crippen LogP contribution in [0.5, 0.6) is 0 Å². The second-order valence-electron chi connectivity index (χ2n) is 6.40. The molecule has 0 saturated carbocycles. The maximum Gasteiger partial charge on any atom is -1.00 e. The molecule has 0 N–H and O–H groups in total. The van der Waals surface area contributed by atoms with Gasteiger partial charge in [0, 0.05) is 0 Å². The number of quaternary nitrogens is 1. The van der Waals surface area contributed by atoms with Gasteiger partial charge < -0.3 is 12.4 Å². The van der Waals surface area contributed by atoms with Crippen molar-refractivity contribution in [1.82, 2.24) is 0 Å². The van der Waals surface area contributed by atoms with Crippen molar-refractivity contribution >= 4 is 22.0 Å². The average Bonchev–Trinajstić information content (AvgIpc) is 2.00. The van der Waals surface area contributed by atoms with Gasteiger partial charge in [-0.25, -0.2) is 0 Å². The molecule has 0 heterocycles. The first-order valence-electron chi connectivity index (χ1n) is 5.58. The zero-order valence-electron chi connectivity index (χ0n) is 11.3. The summed E-state index contributed by atoms with van der Waals surface area (Å²) in [6, 6.07) is 9.31. The van der Waals surface area contributed by atoms with Crippen LogP contribution >= 0.6 is 0 Å². The van der Waals surface area contributed by atoms with Gasteiger partial charge in [-0.15, -0.1) is 0 Å². The van der Waals surface area contributed by atoms with Gasteiger partial charge >= 0.3 is 98.8 Å². The molecule has 92 valence electrons. The summed E-state index contributed by atoms with van der Waals surface area (Å²) in [4.78, 5) is 7.39. The molecule has 0 aliphatic carbocycles. The Morgan fingerprint density at radius 2 is 1.38 bits per heavy atom. The minimum Gasteiger partial charge on any atom is -1.00 e. The Labute approximate surface area is 111 Å². The summed E-state index contributed by atoms with van der Waals surface area (Å²) in [5.41, 5.74) is 1.45. The number of halogens is 1. The van der Waals surface area contributed by atoms with Gasteiger partial charge in [0.25, 0.3) is 0 Å². The predicted octanol–water partition coefficient (Wildman–Crippen LogP) is -0.558. The smallest absolute Gasteiger partial charge is 1.00 e. The van der Waals surface area contributed by atoms with Crippen LogP contribution in [0.3, 0.4) is 0 Å². The molecule has 1 aromatic carbocycles. The largest absolute Gasteiger partial charge is 1.00 e. The van der Waals surface area contributed by atoms with Crippen molar-refractivity contribution in [2.75, 3.05) is 21.1 Å². The third kappa shape index (κ3) is 5.55. The zero-order valence-corrected chi connectivity index (χ0v) is 15.0. The normalized spacial score (nSPS) is 12.1. The van der Waals surface area contributed by atoms with Crippen molar-refractivity contribution < 1.29 is 16.9 Å². The van der Waals surface area contributed by atoms with Gasteiger partial charge in [-0.1, -0.05) is 0 Å². The topological polar surface area (TPSA) is 0 Å². The Morgan fingerprint density at radius 1 is 0.938 bits per heavy atom. The number of benzene rings is 1. The van der Waals surface area contributed by atoms with Gasteiger partial charge in [0.2, 0.25) is 0 Å². The number of hydrogen-bond acceptors (Lipinski definition) is 0. The molecule has 1 rings (SSSR count). The molecule has 1 aromatic rings. The van der Waals surface area contributed by atoms with Gasteiger partial charge in [-0.05, 0) is 0 Å². The summed E-state index contributed by atoms with van der Waals surface area (Å²) >= 11 is -1.83. The molecule has 0 saturated heterocycles. The standard InChI is InChI=1S/C10H15N.3CH3.ClH.Sn/c1-11(2,3)9-10-7-5-4-6-8-10;;;;;/h5-8H,9H2,1-3H3;3*1H3;1H;/q+1;;;;;/p-1. The second kappa shape index (κ2) is 5.74. The van der Waals surface area contributed by atoms with E-state index in [9.17, 15) is 0 Å². The van der Waals surface area contributed by atoms with Crippen molar-refractivity contribution in [3.05, 3.63) is 29.8 Å². The van der Waals surface area contributed by atoms with Crippen molar-refractivity contribution in [2.45, 2.75) is 21.4 Å². The first kappa shape index (κ1) is 16.3. The molecule has 0 fully saturated rings. The van der Waals surface area contributed by atoms with Gasteiger partial charge in [-0.2, -0.15) is 0 Å². The molecule has 0 unspecified atom stereocenters. The van der Waals surface area contributed by atoms with Crippen LogP contribution in [0, 0.1) is 0 Å². The predicted molar refractivity (Wildman–Crippen MR) is 71.2 cm³/mol. The first-order chi connectivity index (χ1) is 6.68. The SMILES string of the molecule is C[N+](C)(C)Cc1cc[c]([Sn]([CH3])([CH3])[CH3])cc1.[Cl-]. The molecule has 0 aliphatic rings.